The summed E-state index contributed by atoms with van der Waals surface area (Å²) in [6, 6.07) is 0. The minimum Gasteiger partial charge on any atom is -0.394 e. The number of aliphatic hydroxyl groups excluding tert-OH is 1. The summed E-state index contributed by atoms with van der Waals surface area (Å²) < 4.78 is 25.8. The predicted molar refractivity (Wildman–Crippen MR) is 42.3 cm³/mol. The monoisotopic (exact) mass is 179 g/mol. The number of likely N-dealkylation sites (tertiary alicyclic amines) is 1. The molecule has 1 heterocycles. The van der Waals surface area contributed by atoms with Gasteiger partial charge in [0.1, 0.15) is 0 Å². The van der Waals surface area contributed by atoms with Gasteiger partial charge < -0.3 is 5.11 Å². The van der Waals surface area contributed by atoms with Gasteiger partial charge in [0.25, 0.3) is 5.92 Å². The van der Waals surface area contributed by atoms with E-state index in [1.807, 2.05) is 6.92 Å². The fourth-order valence-electron chi connectivity index (χ4n) is 1.87. The first-order chi connectivity index (χ1) is 5.46. The summed E-state index contributed by atoms with van der Waals surface area (Å²) in [6.07, 6.45) is 0.346. The highest BCUT2D eigenvalue weighted by Gasteiger charge is 2.51. The molecule has 1 N–H and O–H groups in total. The topological polar surface area (TPSA) is 23.5 Å². The Bertz CT molecular complexity index is 168. The zero-order valence-electron chi connectivity index (χ0n) is 7.48. The van der Waals surface area contributed by atoms with E-state index < -0.39 is 11.5 Å². The zero-order valence-corrected chi connectivity index (χ0v) is 7.48. The number of nitrogens with zero attached hydrogens (tertiary/aromatic N) is 1. The number of hydrogen-bond donors (Lipinski definition) is 1. The average molecular weight is 179 g/mol. The molecular weight excluding hydrogens is 164 g/mol. The molecule has 1 fully saturated rings. The average Bonchev–Trinajstić information content (AvgIpc) is 2.21. The van der Waals surface area contributed by atoms with Gasteiger partial charge in [0.15, 0.2) is 0 Å². The molecule has 1 aliphatic heterocycles. The van der Waals surface area contributed by atoms with Crippen LogP contribution in [-0.4, -0.2) is 41.7 Å². The second-order valence-corrected chi connectivity index (χ2v) is 3.62. The van der Waals surface area contributed by atoms with E-state index in [-0.39, 0.29) is 19.6 Å². The van der Waals surface area contributed by atoms with Crippen molar-refractivity contribution < 1.29 is 13.9 Å². The number of aliphatic hydroxyl groups is 1. The standard InChI is InChI=1S/C8H15F2NO/c1-3-7(6-12)4-8(9,10)5-11(7)2/h12H,3-6H2,1-2H3. The molecule has 0 aliphatic carbocycles. The number of likely N-dealkylation sites (N-methyl/N-ethyl adjacent to an activating group) is 1. The molecule has 1 rings (SSSR count). The van der Waals surface area contributed by atoms with Crippen molar-refractivity contribution in [3.63, 3.8) is 0 Å². The third-order valence-electron chi connectivity index (χ3n) is 2.82. The Kier molecular flexibility index (Phi) is 2.40. The molecule has 0 bridgehead atoms. The second kappa shape index (κ2) is 2.92. The predicted octanol–water partition coefficient (Wildman–Crippen LogP) is 1.10. The minimum absolute atomic E-state index is 0.185. The fraction of sp³-hybridized carbons (Fsp3) is 1.00. The molecule has 0 aromatic heterocycles. The molecule has 2 nitrogen and oxygen atoms in total. The Labute approximate surface area is 71.2 Å². The summed E-state index contributed by atoms with van der Waals surface area (Å²) in [5.74, 6) is -2.63. The maximum atomic E-state index is 12.9. The molecule has 1 aliphatic rings. The molecule has 0 aromatic carbocycles. The van der Waals surface area contributed by atoms with Crippen molar-refractivity contribution in [3.8, 4) is 0 Å². The first kappa shape index (κ1) is 9.86. The summed E-state index contributed by atoms with van der Waals surface area (Å²) in [5.41, 5.74) is -0.691. The largest absolute Gasteiger partial charge is 0.394 e. The van der Waals surface area contributed by atoms with Crippen LogP contribution < -0.4 is 0 Å². The molecule has 0 aromatic rings. The van der Waals surface area contributed by atoms with Gasteiger partial charge in [-0.1, -0.05) is 6.92 Å². The van der Waals surface area contributed by atoms with E-state index in [0.29, 0.717) is 6.42 Å². The van der Waals surface area contributed by atoms with Crippen LogP contribution >= 0.6 is 0 Å². The van der Waals surface area contributed by atoms with E-state index in [1.165, 1.54) is 0 Å². The number of rotatable bonds is 2. The van der Waals surface area contributed by atoms with Crippen molar-refractivity contribution in [3.05, 3.63) is 0 Å². The zero-order chi connectivity index (χ0) is 9.41. The van der Waals surface area contributed by atoms with Crippen LogP contribution in [0.2, 0.25) is 0 Å². The van der Waals surface area contributed by atoms with Crippen molar-refractivity contribution in [2.24, 2.45) is 0 Å². The minimum atomic E-state index is -2.63. The molecule has 1 atom stereocenters. The first-order valence-corrected chi connectivity index (χ1v) is 4.16. The van der Waals surface area contributed by atoms with Crippen molar-refractivity contribution in [2.45, 2.75) is 31.2 Å². The normalized spacial score (nSPS) is 35.8. The Morgan fingerprint density at radius 2 is 2.08 bits per heavy atom. The van der Waals surface area contributed by atoms with E-state index in [0.717, 1.165) is 0 Å². The van der Waals surface area contributed by atoms with Crippen molar-refractivity contribution in [1.29, 1.82) is 0 Å². The van der Waals surface area contributed by atoms with Crippen molar-refractivity contribution in [1.82, 2.24) is 4.90 Å². The Morgan fingerprint density at radius 1 is 1.50 bits per heavy atom. The van der Waals surface area contributed by atoms with Gasteiger partial charge in [-0.2, -0.15) is 0 Å². The summed E-state index contributed by atoms with van der Waals surface area (Å²) in [6.45, 7) is 1.41. The molecule has 0 saturated carbocycles. The van der Waals surface area contributed by atoms with Gasteiger partial charge in [-0.05, 0) is 13.5 Å². The number of hydrogen-bond acceptors (Lipinski definition) is 2. The summed E-state index contributed by atoms with van der Waals surface area (Å²) in [5, 5.41) is 9.04. The Morgan fingerprint density at radius 3 is 2.25 bits per heavy atom. The summed E-state index contributed by atoms with van der Waals surface area (Å²) in [7, 11) is 1.64. The Balaban J connectivity index is 2.79. The maximum Gasteiger partial charge on any atom is 0.262 e. The highest BCUT2D eigenvalue weighted by atomic mass is 19.3. The van der Waals surface area contributed by atoms with E-state index in [9.17, 15) is 8.78 Å². The van der Waals surface area contributed by atoms with Gasteiger partial charge in [-0.15, -0.1) is 0 Å². The van der Waals surface area contributed by atoms with E-state index in [1.54, 1.807) is 11.9 Å². The fourth-order valence-corrected chi connectivity index (χ4v) is 1.87. The molecule has 0 radical (unpaired) electrons. The molecule has 12 heavy (non-hydrogen) atoms. The van der Waals surface area contributed by atoms with Gasteiger partial charge in [-0.3, -0.25) is 4.90 Å². The van der Waals surface area contributed by atoms with Crippen molar-refractivity contribution in [2.75, 3.05) is 20.2 Å². The molecule has 0 spiro atoms. The number of halogens is 2. The number of alkyl halides is 2. The van der Waals surface area contributed by atoms with Crippen LogP contribution in [0.15, 0.2) is 0 Å². The lowest BCUT2D eigenvalue weighted by Crippen LogP contribution is -2.43. The molecule has 4 heteroatoms. The van der Waals surface area contributed by atoms with E-state index in [2.05, 4.69) is 0 Å². The Hall–Kier alpha value is -0.220. The maximum absolute atomic E-state index is 12.9. The molecular formula is C8H15F2NO. The van der Waals surface area contributed by atoms with Gasteiger partial charge >= 0.3 is 0 Å². The SMILES string of the molecule is CCC1(CO)CC(F)(F)CN1C. The van der Waals surface area contributed by atoms with Crippen LogP contribution in [0.1, 0.15) is 19.8 Å². The lowest BCUT2D eigenvalue weighted by molar-refractivity contribution is 0.00999. The van der Waals surface area contributed by atoms with Gasteiger partial charge in [-0.25, -0.2) is 8.78 Å². The van der Waals surface area contributed by atoms with Gasteiger partial charge in [0, 0.05) is 12.0 Å². The quantitative estimate of drug-likeness (QED) is 0.686. The highest BCUT2D eigenvalue weighted by molar-refractivity contribution is 5.00. The molecule has 1 saturated heterocycles. The molecule has 72 valence electrons. The third-order valence-corrected chi connectivity index (χ3v) is 2.82. The van der Waals surface area contributed by atoms with Crippen LogP contribution in [0.5, 0.6) is 0 Å². The molecule has 0 amide bonds. The van der Waals surface area contributed by atoms with Gasteiger partial charge in [0.2, 0.25) is 0 Å². The van der Waals surface area contributed by atoms with E-state index in [4.69, 9.17) is 5.11 Å². The highest BCUT2D eigenvalue weighted by Crippen LogP contribution is 2.39. The van der Waals surface area contributed by atoms with Gasteiger partial charge in [0.05, 0.1) is 13.2 Å². The lowest BCUT2D eigenvalue weighted by atomic mass is 9.93. The summed E-state index contributed by atoms with van der Waals surface area (Å²) in [4.78, 5) is 1.56. The lowest BCUT2D eigenvalue weighted by Gasteiger charge is -2.32. The molecule has 1 unspecified atom stereocenters. The second-order valence-electron chi connectivity index (χ2n) is 3.62. The van der Waals surface area contributed by atoms with Crippen molar-refractivity contribution >= 4 is 0 Å². The smallest absolute Gasteiger partial charge is 0.262 e. The van der Waals surface area contributed by atoms with Crippen LogP contribution in [-0.2, 0) is 0 Å². The van der Waals surface area contributed by atoms with E-state index >= 15 is 0 Å². The first-order valence-electron chi connectivity index (χ1n) is 4.16. The van der Waals surface area contributed by atoms with Crippen LogP contribution in [0.25, 0.3) is 0 Å². The van der Waals surface area contributed by atoms with Crippen LogP contribution in [0.3, 0.4) is 0 Å². The third kappa shape index (κ3) is 1.45. The van der Waals surface area contributed by atoms with Crippen LogP contribution in [0, 0.1) is 0 Å². The van der Waals surface area contributed by atoms with Crippen LogP contribution in [0.4, 0.5) is 8.78 Å². The summed E-state index contributed by atoms with van der Waals surface area (Å²) >= 11 is 0.